The predicted octanol–water partition coefficient (Wildman–Crippen LogP) is 5.12. The van der Waals surface area contributed by atoms with Crippen LogP contribution in [-0.2, 0) is 12.8 Å². The standard InChI is InChI=1S/C19H25N/c1-12(2)13-6-7-14-8-15-9-16(19(3,4)5)11-18(15)20-17(14)10-13/h6-8,10,12,16H,9,11H2,1-5H3/t16-/m1/s1. The van der Waals surface area contributed by atoms with Gasteiger partial charge in [-0.25, -0.2) is 0 Å². The fourth-order valence-corrected chi connectivity index (χ4v) is 3.16. The van der Waals surface area contributed by atoms with E-state index in [0.717, 1.165) is 12.3 Å². The molecule has 20 heavy (non-hydrogen) atoms. The molecule has 1 aromatic carbocycles. The summed E-state index contributed by atoms with van der Waals surface area (Å²) in [5, 5.41) is 1.29. The van der Waals surface area contributed by atoms with Crippen LogP contribution in [0.15, 0.2) is 24.3 Å². The van der Waals surface area contributed by atoms with E-state index in [1.807, 2.05) is 0 Å². The summed E-state index contributed by atoms with van der Waals surface area (Å²) < 4.78 is 0. The first-order valence-electron chi connectivity index (χ1n) is 7.77. The number of pyridine rings is 1. The van der Waals surface area contributed by atoms with E-state index >= 15 is 0 Å². The minimum atomic E-state index is 0.371. The molecule has 0 fully saturated rings. The number of hydrogen-bond donors (Lipinski definition) is 0. The van der Waals surface area contributed by atoms with Gasteiger partial charge in [-0.15, -0.1) is 0 Å². The molecule has 0 saturated carbocycles. The van der Waals surface area contributed by atoms with Crippen LogP contribution in [0.3, 0.4) is 0 Å². The smallest absolute Gasteiger partial charge is 0.0708 e. The lowest BCUT2D eigenvalue weighted by Crippen LogP contribution is -2.20. The predicted molar refractivity (Wildman–Crippen MR) is 86.2 cm³/mol. The maximum atomic E-state index is 4.96. The summed E-state index contributed by atoms with van der Waals surface area (Å²) in [5.74, 6) is 1.29. The summed E-state index contributed by atoms with van der Waals surface area (Å²) >= 11 is 0. The maximum absolute atomic E-state index is 4.96. The number of rotatable bonds is 1. The third kappa shape index (κ3) is 2.34. The maximum Gasteiger partial charge on any atom is 0.0708 e. The van der Waals surface area contributed by atoms with E-state index in [1.54, 1.807) is 0 Å². The summed E-state index contributed by atoms with van der Waals surface area (Å²) in [6, 6.07) is 9.12. The topological polar surface area (TPSA) is 12.9 Å². The Morgan fingerprint density at radius 3 is 2.50 bits per heavy atom. The van der Waals surface area contributed by atoms with Gasteiger partial charge in [0.25, 0.3) is 0 Å². The minimum absolute atomic E-state index is 0.371. The molecule has 0 amide bonds. The molecule has 0 aliphatic heterocycles. The molecule has 0 spiro atoms. The van der Waals surface area contributed by atoms with Crippen molar-refractivity contribution in [2.45, 2.75) is 53.4 Å². The summed E-state index contributed by atoms with van der Waals surface area (Å²) in [4.78, 5) is 4.96. The van der Waals surface area contributed by atoms with E-state index < -0.39 is 0 Å². The van der Waals surface area contributed by atoms with Gasteiger partial charge in [0.2, 0.25) is 0 Å². The van der Waals surface area contributed by atoms with Crippen LogP contribution in [0.2, 0.25) is 0 Å². The molecule has 3 rings (SSSR count). The zero-order valence-corrected chi connectivity index (χ0v) is 13.3. The summed E-state index contributed by atoms with van der Waals surface area (Å²) in [7, 11) is 0. The monoisotopic (exact) mass is 267 g/mol. The van der Waals surface area contributed by atoms with Gasteiger partial charge in [0.05, 0.1) is 5.52 Å². The molecule has 0 bridgehead atoms. The van der Waals surface area contributed by atoms with E-state index in [0.29, 0.717) is 11.3 Å². The van der Waals surface area contributed by atoms with Crippen LogP contribution in [0.5, 0.6) is 0 Å². The van der Waals surface area contributed by atoms with Crippen LogP contribution in [-0.4, -0.2) is 4.98 Å². The van der Waals surface area contributed by atoms with Gasteiger partial charge in [0.15, 0.2) is 0 Å². The second kappa shape index (κ2) is 4.58. The zero-order chi connectivity index (χ0) is 14.5. The lowest BCUT2D eigenvalue weighted by Gasteiger charge is -2.26. The fraction of sp³-hybridized carbons (Fsp3) is 0.526. The van der Waals surface area contributed by atoms with Gasteiger partial charge in [-0.05, 0) is 53.4 Å². The molecule has 1 aliphatic carbocycles. The Kier molecular flexibility index (Phi) is 3.12. The highest BCUT2D eigenvalue weighted by molar-refractivity contribution is 5.80. The molecule has 0 unspecified atom stereocenters. The van der Waals surface area contributed by atoms with Crippen molar-refractivity contribution in [3.8, 4) is 0 Å². The Bertz CT molecular complexity index is 647. The van der Waals surface area contributed by atoms with Crippen molar-refractivity contribution in [3.63, 3.8) is 0 Å². The van der Waals surface area contributed by atoms with Crippen molar-refractivity contribution in [3.05, 3.63) is 41.1 Å². The second-order valence-electron chi connectivity index (χ2n) is 7.67. The minimum Gasteiger partial charge on any atom is -0.253 e. The van der Waals surface area contributed by atoms with Crippen molar-refractivity contribution < 1.29 is 0 Å². The van der Waals surface area contributed by atoms with Gasteiger partial charge < -0.3 is 0 Å². The molecule has 1 heterocycles. The van der Waals surface area contributed by atoms with E-state index in [-0.39, 0.29) is 0 Å². The molecule has 0 saturated heterocycles. The number of nitrogens with zero attached hydrogens (tertiary/aromatic N) is 1. The summed E-state index contributed by atoms with van der Waals surface area (Å²) in [6.07, 6.45) is 2.33. The molecule has 1 aromatic heterocycles. The van der Waals surface area contributed by atoms with Crippen molar-refractivity contribution in [1.29, 1.82) is 0 Å². The normalized spacial score (nSPS) is 18.8. The van der Waals surface area contributed by atoms with Gasteiger partial charge >= 0.3 is 0 Å². The van der Waals surface area contributed by atoms with Crippen molar-refractivity contribution in [2.24, 2.45) is 11.3 Å². The highest BCUT2D eigenvalue weighted by atomic mass is 14.7. The van der Waals surface area contributed by atoms with Crippen LogP contribution >= 0.6 is 0 Å². The lowest BCUT2D eigenvalue weighted by atomic mass is 9.79. The molecule has 0 N–H and O–H groups in total. The molecule has 1 atom stereocenters. The highest BCUT2D eigenvalue weighted by Gasteiger charge is 2.32. The third-order valence-corrected chi connectivity index (χ3v) is 4.81. The van der Waals surface area contributed by atoms with Gasteiger partial charge in [-0.2, -0.15) is 0 Å². The van der Waals surface area contributed by atoms with Gasteiger partial charge in [0.1, 0.15) is 0 Å². The average molecular weight is 267 g/mol. The van der Waals surface area contributed by atoms with Crippen molar-refractivity contribution in [2.75, 3.05) is 0 Å². The Morgan fingerprint density at radius 1 is 1.10 bits per heavy atom. The highest BCUT2D eigenvalue weighted by Crippen LogP contribution is 2.38. The summed E-state index contributed by atoms with van der Waals surface area (Å²) in [6.45, 7) is 11.5. The first-order valence-corrected chi connectivity index (χ1v) is 7.77. The van der Waals surface area contributed by atoms with Gasteiger partial charge in [-0.1, -0.05) is 46.8 Å². The van der Waals surface area contributed by atoms with E-state index in [9.17, 15) is 0 Å². The number of fused-ring (bicyclic) bond motifs is 2. The largest absolute Gasteiger partial charge is 0.253 e. The average Bonchev–Trinajstić information content (AvgIpc) is 2.77. The Balaban J connectivity index is 2.03. The summed E-state index contributed by atoms with van der Waals surface area (Å²) in [5.41, 5.74) is 5.73. The van der Waals surface area contributed by atoms with Crippen molar-refractivity contribution >= 4 is 10.9 Å². The molecule has 0 radical (unpaired) electrons. The van der Waals surface area contributed by atoms with Crippen LogP contribution in [0.1, 0.15) is 57.4 Å². The molecular weight excluding hydrogens is 242 g/mol. The molecule has 2 aromatic rings. The Labute approximate surface area is 122 Å². The first kappa shape index (κ1) is 13.6. The fourth-order valence-electron chi connectivity index (χ4n) is 3.16. The molecule has 106 valence electrons. The lowest BCUT2D eigenvalue weighted by molar-refractivity contribution is 0.250. The number of benzene rings is 1. The van der Waals surface area contributed by atoms with Crippen molar-refractivity contribution in [1.82, 2.24) is 4.98 Å². The van der Waals surface area contributed by atoms with Crippen LogP contribution in [0.4, 0.5) is 0 Å². The Hall–Kier alpha value is -1.37. The van der Waals surface area contributed by atoms with Gasteiger partial charge in [0, 0.05) is 11.1 Å². The van der Waals surface area contributed by atoms with E-state index in [1.165, 1.54) is 34.1 Å². The molecule has 1 nitrogen and oxygen atoms in total. The second-order valence-corrected chi connectivity index (χ2v) is 7.67. The number of hydrogen-bond acceptors (Lipinski definition) is 1. The Morgan fingerprint density at radius 2 is 1.85 bits per heavy atom. The van der Waals surface area contributed by atoms with Gasteiger partial charge in [-0.3, -0.25) is 4.98 Å². The number of aromatic nitrogens is 1. The molecule has 1 heteroatoms. The SMILES string of the molecule is CC(C)c1ccc2cc3c(nc2c1)C[C@H](C(C)(C)C)C3. The first-order chi connectivity index (χ1) is 9.34. The van der Waals surface area contributed by atoms with Crippen LogP contribution in [0.25, 0.3) is 10.9 Å². The van der Waals surface area contributed by atoms with Crippen LogP contribution in [0, 0.1) is 11.3 Å². The molecule has 1 aliphatic rings. The van der Waals surface area contributed by atoms with Crippen LogP contribution < -0.4 is 0 Å². The zero-order valence-electron chi connectivity index (χ0n) is 13.3. The molecular formula is C19H25N. The van der Waals surface area contributed by atoms with E-state index in [4.69, 9.17) is 4.98 Å². The third-order valence-electron chi connectivity index (χ3n) is 4.81. The van der Waals surface area contributed by atoms with E-state index in [2.05, 4.69) is 58.9 Å². The quantitative estimate of drug-likeness (QED) is 0.699.